The van der Waals surface area contributed by atoms with Gasteiger partial charge >= 0.3 is 0 Å². The van der Waals surface area contributed by atoms with Gasteiger partial charge in [-0.15, -0.1) is 0 Å². The van der Waals surface area contributed by atoms with Gasteiger partial charge in [-0.3, -0.25) is 4.79 Å². The van der Waals surface area contributed by atoms with Crippen LogP contribution in [0.5, 0.6) is 0 Å². The molecule has 1 atom stereocenters. The Bertz CT molecular complexity index is 780. The number of amides is 1. The lowest BCUT2D eigenvalue weighted by Gasteiger charge is -2.25. The van der Waals surface area contributed by atoms with Gasteiger partial charge in [0.05, 0.1) is 12.3 Å². The molecule has 1 aliphatic heterocycles. The van der Waals surface area contributed by atoms with Gasteiger partial charge in [-0.25, -0.2) is 0 Å². The second-order valence-electron chi connectivity index (χ2n) is 6.17. The zero-order valence-electron chi connectivity index (χ0n) is 14.6. The smallest absolute Gasteiger partial charge is 0.248 e. The number of methoxy groups -OCH3 is 1. The van der Waals surface area contributed by atoms with Gasteiger partial charge in [0.2, 0.25) is 5.91 Å². The van der Waals surface area contributed by atoms with Crippen LogP contribution < -0.4 is 0 Å². The average molecular weight is 373 g/mol. The van der Waals surface area contributed by atoms with E-state index in [0.29, 0.717) is 24.5 Å². The number of carbonyl (C=O) groups is 1. The van der Waals surface area contributed by atoms with E-state index in [1.807, 2.05) is 54.6 Å². The van der Waals surface area contributed by atoms with Crippen LogP contribution in [0.1, 0.15) is 17.5 Å². The molecule has 136 valence electrons. The molecule has 0 fully saturated rings. The third-order valence-electron chi connectivity index (χ3n) is 4.15. The van der Waals surface area contributed by atoms with E-state index in [-0.39, 0.29) is 18.6 Å². The molecule has 5 nitrogen and oxygen atoms in total. The summed E-state index contributed by atoms with van der Waals surface area (Å²) in [5, 5.41) is 4.84. The first-order valence-corrected chi connectivity index (χ1v) is 8.83. The summed E-state index contributed by atoms with van der Waals surface area (Å²) >= 11 is 6.06. The molecule has 1 amide bonds. The van der Waals surface area contributed by atoms with Crippen LogP contribution in [-0.4, -0.2) is 42.9 Å². The molecule has 0 N–H and O–H groups in total. The van der Waals surface area contributed by atoms with Crippen molar-refractivity contribution in [2.45, 2.75) is 19.1 Å². The first-order valence-electron chi connectivity index (χ1n) is 8.45. The van der Waals surface area contributed by atoms with E-state index in [2.05, 4.69) is 5.16 Å². The van der Waals surface area contributed by atoms with E-state index in [0.717, 1.165) is 16.8 Å². The third-order valence-corrected chi connectivity index (χ3v) is 4.38. The van der Waals surface area contributed by atoms with Crippen molar-refractivity contribution < 1.29 is 14.4 Å². The number of halogens is 1. The summed E-state index contributed by atoms with van der Waals surface area (Å²) in [6.45, 7) is 0.914. The summed E-state index contributed by atoms with van der Waals surface area (Å²) in [5.41, 5.74) is 2.90. The highest BCUT2D eigenvalue weighted by Gasteiger charge is 2.26. The molecule has 0 aliphatic carbocycles. The standard InChI is InChI=1S/C20H21ClN2O3/c1-25-14-20(24)23(12-15-6-5-9-17(21)10-15)13-18-11-19(22-26-18)16-7-3-2-4-8-16/h2-10,18H,11-14H2,1H3. The number of oxime groups is 1. The van der Waals surface area contributed by atoms with Crippen LogP contribution in [-0.2, 0) is 20.9 Å². The van der Waals surface area contributed by atoms with Crippen LogP contribution in [0, 0.1) is 0 Å². The lowest BCUT2D eigenvalue weighted by molar-refractivity contribution is -0.137. The van der Waals surface area contributed by atoms with Gasteiger partial charge < -0.3 is 14.5 Å². The molecule has 2 aromatic carbocycles. The minimum atomic E-state index is -0.176. The van der Waals surface area contributed by atoms with Crippen molar-refractivity contribution in [1.29, 1.82) is 0 Å². The summed E-state index contributed by atoms with van der Waals surface area (Å²) < 4.78 is 5.01. The molecule has 0 bridgehead atoms. The molecule has 3 rings (SSSR count). The minimum absolute atomic E-state index is 0.0275. The second-order valence-corrected chi connectivity index (χ2v) is 6.61. The van der Waals surface area contributed by atoms with Crippen LogP contribution in [0.15, 0.2) is 59.8 Å². The van der Waals surface area contributed by atoms with Crippen LogP contribution in [0.4, 0.5) is 0 Å². The fourth-order valence-electron chi connectivity index (χ4n) is 2.90. The average Bonchev–Trinajstić information content (AvgIpc) is 3.11. The largest absolute Gasteiger partial charge is 0.390 e. The van der Waals surface area contributed by atoms with Gasteiger partial charge in [0.15, 0.2) is 6.10 Å². The normalized spacial score (nSPS) is 16.1. The topological polar surface area (TPSA) is 51.1 Å². The molecule has 6 heteroatoms. The Balaban J connectivity index is 1.66. The maximum absolute atomic E-state index is 12.4. The van der Waals surface area contributed by atoms with E-state index >= 15 is 0 Å². The lowest BCUT2D eigenvalue weighted by atomic mass is 10.0. The Morgan fingerprint density at radius 2 is 2.08 bits per heavy atom. The van der Waals surface area contributed by atoms with Gasteiger partial charge in [-0.05, 0) is 23.3 Å². The Morgan fingerprint density at radius 3 is 2.81 bits per heavy atom. The van der Waals surface area contributed by atoms with Crippen LogP contribution >= 0.6 is 11.6 Å². The van der Waals surface area contributed by atoms with Gasteiger partial charge in [0, 0.05) is 25.1 Å². The highest BCUT2D eigenvalue weighted by molar-refractivity contribution is 6.30. The molecule has 2 aromatic rings. The number of hydrogen-bond acceptors (Lipinski definition) is 4. The van der Waals surface area contributed by atoms with Gasteiger partial charge in [-0.2, -0.15) is 0 Å². The van der Waals surface area contributed by atoms with E-state index in [9.17, 15) is 4.79 Å². The van der Waals surface area contributed by atoms with Gasteiger partial charge in [0.25, 0.3) is 0 Å². The maximum Gasteiger partial charge on any atom is 0.248 e. The van der Waals surface area contributed by atoms with E-state index in [4.69, 9.17) is 21.2 Å². The molecular weight excluding hydrogens is 352 g/mol. The first-order chi connectivity index (χ1) is 12.7. The van der Waals surface area contributed by atoms with E-state index in [1.54, 1.807) is 4.90 Å². The maximum atomic E-state index is 12.4. The SMILES string of the molecule is COCC(=O)N(Cc1cccc(Cl)c1)CC1CC(c2ccccc2)=NO1. The van der Waals surface area contributed by atoms with Gasteiger partial charge in [-0.1, -0.05) is 59.2 Å². The summed E-state index contributed by atoms with van der Waals surface area (Å²) in [4.78, 5) is 19.7. The molecule has 0 spiro atoms. The second kappa shape index (κ2) is 8.83. The monoisotopic (exact) mass is 372 g/mol. The Labute approximate surface area is 158 Å². The number of nitrogens with zero attached hydrogens (tertiary/aromatic N) is 2. The number of carbonyl (C=O) groups excluding carboxylic acids is 1. The summed E-state index contributed by atoms with van der Waals surface area (Å²) in [7, 11) is 1.51. The predicted molar refractivity (Wildman–Crippen MR) is 101 cm³/mol. The summed E-state index contributed by atoms with van der Waals surface area (Å²) in [6, 6.07) is 17.4. The van der Waals surface area contributed by atoms with E-state index in [1.165, 1.54) is 7.11 Å². The Morgan fingerprint density at radius 1 is 1.27 bits per heavy atom. The third kappa shape index (κ3) is 4.84. The first kappa shape index (κ1) is 18.4. The predicted octanol–water partition coefficient (Wildman–Crippen LogP) is 3.51. The molecular formula is C20H21ClN2O3. The highest BCUT2D eigenvalue weighted by atomic mass is 35.5. The number of hydrogen-bond donors (Lipinski definition) is 0. The summed E-state index contributed by atoms with van der Waals surface area (Å²) in [5.74, 6) is -0.0933. The minimum Gasteiger partial charge on any atom is -0.390 e. The van der Waals surface area contributed by atoms with E-state index < -0.39 is 0 Å². The number of ether oxygens (including phenoxy) is 1. The van der Waals surface area contributed by atoms with Crippen molar-refractivity contribution in [2.75, 3.05) is 20.3 Å². The molecule has 1 heterocycles. The fourth-order valence-corrected chi connectivity index (χ4v) is 3.11. The highest BCUT2D eigenvalue weighted by Crippen LogP contribution is 2.19. The molecule has 1 aliphatic rings. The van der Waals surface area contributed by atoms with Crippen molar-refractivity contribution >= 4 is 23.2 Å². The molecule has 0 aromatic heterocycles. The van der Waals surface area contributed by atoms with Crippen LogP contribution in [0.2, 0.25) is 5.02 Å². The van der Waals surface area contributed by atoms with Crippen molar-refractivity contribution in [3.05, 3.63) is 70.7 Å². The Hall–Kier alpha value is -2.37. The quantitative estimate of drug-likeness (QED) is 0.747. The molecule has 1 unspecified atom stereocenters. The zero-order valence-corrected chi connectivity index (χ0v) is 15.4. The fraction of sp³-hybridized carbons (Fsp3) is 0.300. The summed E-state index contributed by atoms with van der Waals surface area (Å²) in [6.07, 6.45) is 0.487. The van der Waals surface area contributed by atoms with Gasteiger partial charge in [0.1, 0.15) is 6.61 Å². The number of rotatable bonds is 7. The van der Waals surface area contributed by atoms with Crippen molar-refractivity contribution in [2.24, 2.45) is 5.16 Å². The van der Waals surface area contributed by atoms with Crippen LogP contribution in [0.3, 0.4) is 0 Å². The van der Waals surface area contributed by atoms with Crippen molar-refractivity contribution in [1.82, 2.24) is 4.90 Å². The molecule has 0 saturated carbocycles. The molecule has 0 saturated heterocycles. The number of benzene rings is 2. The van der Waals surface area contributed by atoms with Crippen molar-refractivity contribution in [3.8, 4) is 0 Å². The zero-order chi connectivity index (χ0) is 18.4. The Kier molecular flexibility index (Phi) is 6.26. The van der Waals surface area contributed by atoms with Crippen molar-refractivity contribution in [3.63, 3.8) is 0 Å². The van der Waals surface area contributed by atoms with Crippen LogP contribution in [0.25, 0.3) is 0 Å². The lowest BCUT2D eigenvalue weighted by Crippen LogP contribution is -2.39. The molecule has 0 radical (unpaired) electrons. The molecule has 26 heavy (non-hydrogen) atoms.